The molecule has 0 heterocycles. The van der Waals surface area contributed by atoms with Gasteiger partial charge in [0.25, 0.3) is 0 Å². The van der Waals surface area contributed by atoms with Gasteiger partial charge < -0.3 is 11.5 Å². The molecule has 0 aliphatic carbocycles. The summed E-state index contributed by atoms with van der Waals surface area (Å²) in [6.45, 7) is 0. The summed E-state index contributed by atoms with van der Waals surface area (Å²) >= 11 is 0. The van der Waals surface area contributed by atoms with Crippen LogP contribution in [0.4, 0.5) is 20.2 Å². The van der Waals surface area contributed by atoms with Crippen molar-refractivity contribution in [1.29, 1.82) is 0 Å². The third kappa shape index (κ3) is 2.86. The van der Waals surface area contributed by atoms with Crippen LogP contribution >= 0.6 is 0 Å². The van der Waals surface area contributed by atoms with Gasteiger partial charge >= 0.3 is 0 Å². The van der Waals surface area contributed by atoms with Gasteiger partial charge in [-0.2, -0.15) is 0 Å². The van der Waals surface area contributed by atoms with Crippen molar-refractivity contribution in [3.05, 3.63) is 84.4 Å². The van der Waals surface area contributed by atoms with Crippen molar-refractivity contribution in [2.24, 2.45) is 0 Å². The first-order chi connectivity index (χ1) is 12.5. The van der Waals surface area contributed by atoms with Gasteiger partial charge in [0.05, 0.1) is 11.4 Å². The number of anilines is 2. The Morgan fingerprint density at radius 3 is 1.19 bits per heavy atom. The second kappa shape index (κ2) is 6.15. The lowest BCUT2D eigenvalue weighted by Gasteiger charge is -2.08. The Bertz CT molecular complexity index is 1050. The highest BCUT2D eigenvalue weighted by molar-refractivity contribution is 5.91. The number of halogens is 2. The Labute approximate surface area is 149 Å². The number of fused-ring (bicyclic) bond motifs is 1. The molecule has 26 heavy (non-hydrogen) atoms. The fourth-order valence-electron chi connectivity index (χ4n) is 3.02. The molecule has 0 aromatic heterocycles. The summed E-state index contributed by atoms with van der Waals surface area (Å²) in [6, 6.07) is 21.4. The van der Waals surface area contributed by atoms with Gasteiger partial charge in [0.2, 0.25) is 0 Å². The maximum absolute atomic E-state index is 13.7. The molecule has 0 fully saturated rings. The van der Waals surface area contributed by atoms with E-state index in [-0.39, 0.29) is 11.4 Å². The maximum atomic E-state index is 13.7. The number of nitrogen functional groups attached to an aromatic ring is 2. The fraction of sp³-hybridized carbons (Fsp3) is 0. The molecule has 0 saturated heterocycles. The van der Waals surface area contributed by atoms with E-state index >= 15 is 0 Å². The van der Waals surface area contributed by atoms with Crippen LogP contribution < -0.4 is 11.5 Å². The number of nitrogens with two attached hydrogens (primary N) is 2. The van der Waals surface area contributed by atoms with Crippen molar-refractivity contribution in [3.63, 3.8) is 0 Å². The zero-order valence-corrected chi connectivity index (χ0v) is 13.8. The molecule has 0 aliphatic heterocycles. The predicted octanol–water partition coefficient (Wildman–Crippen LogP) is 5.62. The first-order valence-corrected chi connectivity index (χ1v) is 8.16. The van der Waals surface area contributed by atoms with E-state index in [1.54, 1.807) is 24.3 Å². The van der Waals surface area contributed by atoms with E-state index in [0.717, 1.165) is 33.0 Å². The highest BCUT2D eigenvalue weighted by Gasteiger charge is 2.06. The van der Waals surface area contributed by atoms with E-state index in [1.807, 2.05) is 36.4 Å². The van der Waals surface area contributed by atoms with Crippen LogP contribution in [0.3, 0.4) is 0 Å². The molecule has 4 aromatic carbocycles. The zero-order valence-electron chi connectivity index (χ0n) is 13.8. The van der Waals surface area contributed by atoms with E-state index in [9.17, 15) is 8.78 Å². The van der Waals surface area contributed by atoms with E-state index in [2.05, 4.69) is 0 Å². The predicted molar refractivity (Wildman–Crippen MR) is 104 cm³/mol. The first kappa shape index (κ1) is 16.1. The quantitative estimate of drug-likeness (QED) is 0.463. The Morgan fingerprint density at radius 1 is 0.462 bits per heavy atom. The standard InChI is InChI=1S/C22H16F2N2/c23-19-11-17(5-7-21(19)25)15-3-1-13-9-16(4-2-14(13)10-15)18-6-8-22(26)20(24)12-18/h1-12H,25-26H2. The van der Waals surface area contributed by atoms with Crippen LogP contribution in [0.1, 0.15) is 0 Å². The molecule has 0 aliphatic rings. The molecule has 128 valence electrons. The normalized spacial score (nSPS) is 11.0. The second-order valence-electron chi connectivity index (χ2n) is 6.25. The minimum absolute atomic E-state index is 0.134. The highest BCUT2D eigenvalue weighted by atomic mass is 19.1. The molecule has 0 bridgehead atoms. The second-order valence-corrected chi connectivity index (χ2v) is 6.25. The first-order valence-electron chi connectivity index (χ1n) is 8.16. The molecule has 0 spiro atoms. The van der Waals surface area contributed by atoms with Crippen molar-refractivity contribution >= 4 is 22.1 Å². The average molecular weight is 346 g/mol. The van der Waals surface area contributed by atoms with Crippen LogP contribution in [-0.4, -0.2) is 0 Å². The molecular formula is C22H16F2N2. The summed E-state index contributed by atoms with van der Waals surface area (Å²) in [5, 5.41) is 2.03. The molecule has 0 unspecified atom stereocenters. The number of rotatable bonds is 2. The molecule has 2 nitrogen and oxygen atoms in total. The van der Waals surface area contributed by atoms with Crippen LogP contribution in [0.2, 0.25) is 0 Å². The average Bonchev–Trinajstić information content (AvgIpc) is 2.65. The van der Waals surface area contributed by atoms with Crippen molar-refractivity contribution < 1.29 is 8.78 Å². The molecule has 0 atom stereocenters. The van der Waals surface area contributed by atoms with E-state index in [0.29, 0.717) is 0 Å². The Morgan fingerprint density at radius 2 is 0.808 bits per heavy atom. The van der Waals surface area contributed by atoms with Crippen LogP contribution in [0.5, 0.6) is 0 Å². The Hall–Kier alpha value is -3.40. The summed E-state index contributed by atoms with van der Waals surface area (Å²) in [5.74, 6) is -0.855. The lowest BCUT2D eigenvalue weighted by Crippen LogP contribution is -1.91. The fourth-order valence-corrected chi connectivity index (χ4v) is 3.02. The van der Waals surface area contributed by atoms with Gasteiger partial charge in [-0.25, -0.2) is 8.78 Å². The van der Waals surface area contributed by atoms with Crippen LogP contribution in [0.25, 0.3) is 33.0 Å². The molecule has 4 aromatic rings. The van der Waals surface area contributed by atoms with E-state index in [1.165, 1.54) is 12.1 Å². The molecule has 0 radical (unpaired) electrons. The molecule has 4 rings (SSSR count). The highest BCUT2D eigenvalue weighted by Crippen LogP contribution is 2.30. The SMILES string of the molecule is Nc1ccc(-c2ccc3cc(-c4ccc(N)c(F)c4)ccc3c2)cc1F. The lowest BCUT2D eigenvalue weighted by atomic mass is 9.97. The topological polar surface area (TPSA) is 52.0 Å². The number of hydrogen-bond donors (Lipinski definition) is 2. The lowest BCUT2D eigenvalue weighted by molar-refractivity contribution is 0.632. The molecule has 0 saturated carbocycles. The van der Waals surface area contributed by atoms with Crippen molar-refractivity contribution in [2.75, 3.05) is 11.5 Å². The minimum atomic E-state index is -0.427. The summed E-state index contributed by atoms with van der Waals surface area (Å²) in [5.41, 5.74) is 14.7. The monoisotopic (exact) mass is 346 g/mol. The van der Waals surface area contributed by atoms with Crippen molar-refractivity contribution in [3.8, 4) is 22.3 Å². The molecule has 0 amide bonds. The van der Waals surface area contributed by atoms with Gasteiger partial charge in [-0.05, 0) is 69.4 Å². The zero-order chi connectivity index (χ0) is 18.3. The molecule has 4 N–H and O–H groups in total. The summed E-state index contributed by atoms with van der Waals surface area (Å²) < 4.78 is 27.4. The molecular weight excluding hydrogens is 330 g/mol. The summed E-state index contributed by atoms with van der Waals surface area (Å²) in [7, 11) is 0. The summed E-state index contributed by atoms with van der Waals surface area (Å²) in [6.07, 6.45) is 0. The third-order valence-electron chi connectivity index (χ3n) is 4.51. The van der Waals surface area contributed by atoms with Gasteiger partial charge in [0.15, 0.2) is 0 Å². The largest absolute Gasteiger partial charge is 0.396 e. The van der Waals surface area contributed by atoms with Gasteiger partial charge in [-0.1, -0.05) is 36.4 Å². The summed E-state index contributed by atoms with van der Waals surface area (Å²) in [4.78, 5) is 0. The maximum Gasteiger partial charge on any atom is 0.146 e. The van der Waals surface area contributed by atoms with E-state index < -0.39 is 11.6 Å². The van der Waals surface area contributed by atoms with Crippen LogP contribution in [-0.2, 0) is 0 Å². The number of benzene rings is 4. The third-order valence-corrected chi connectivity index (χ3v) is 4.51. The smallest absolute Gasteiger partial charge is 0.146 e. The Kier molecular flexibility index (Phi) is 3.81. The van der Waals surface area contributed by atoms with E-state index in [4.69, 9.17) is 11.5 Å². The van der Waals surface area contributed by atoms with Crippen molar-refractivity contribution in [1.82, 2.24) is 0 Å². The van der Waals surface area contributed by atoms with Crippen molar-refractivity contribution in [2.45, 2.75) is 0 Å². The molecule has 4 heteroatoms. The van der Waals surface area contributed by atoms with Gasteiger partial charge in [0.1, 0.15) is 11.6 Å². The van der Waals surface area contributed by atoms with Crippen LogP contribution in [0.15, 0.2) is 72.8 Å². The number of hydrogen-bond acceptors (Lipinski definition) is 2. The Balaban J connectivity index is 1.76. The minimum Gasteiger partial charge on any atom is -0.396 e. The van der Waals surface area contributed by atoms with Gasteiger partial charge in [-0.3, -0.25) is 0 Å². The van der Waals surface area contributed by atoms with Gasteiger partial charge in [-0.15, -0.1) is 0 Å². The van der Waals surface area contributed by atoms with Crippen LogP contribution in [0, 0.1) is 11.6 Å². The van der Waals surface area contributed by atoms with Gasteiger partial charge in [0, 0.05) is 0 Å².